The molecular formula is C22H29N3O3S. The molecule has 2 aromatic rings. The monoisotopic (exact) mass is 415 g/mol. The van der Waals surface area contributed by atoms with Crippen molar-refractivity contribution in [1.82, 2.24) is 14.5 Å². The molecule has 1 unspecified atom stereocenters. The van der Waals surface area contributed by atoms with Gasteiger partial charge in [-0.05, 0) is 44.1 Å². The lowest BCUT2D eigenvalue weighted by Gasteiger charge is -2.36. The number of nitrogens with zero attached hydrogens (tertiary/aromatic N) is 2. The number of carbonyl (C=O) groups excluding carboxylic acids is 1. The molecule has 0 aromatic heterocycles. The van der Waals surface area contributed by atoms with E-state index in [4.69, 9.17) is 0 Å². The number of benzene rings is 2. The molecule has 0 spiro atoms. The molecule has 1 atom stereocenters. The quantitative estimate of drug-likeness (QED) is 0.755. The minimum Gasteiger partial charge on any atom is -0.341 e. The first-order chi connectivity index (χ1) is 13.9. The van der Waals surface area contributed by atoms with Crippen molar-refractivity contribution in [2.75, 3.05) is 26.7 Å². The summed E-state index contributed by atoms with van der Waals surface area (Å²) >= 11 is 0. The van der Waals surface area contributed by atoms with Gasteiger partial charge in [0.1, 0.15) is 6.04 Å². The second-order valence-corrected chi connectivity index (χ2v) is 9.13. The Morgan fingerprint density at radius 2 is 1.62 bits per heavy atom. The van der Waals surface area contributed by atoms with Crippen LogP contribution in [0.2, 0.25) is 0 Å². The van der Waals surface area contributed by atoms with E-state index in [-0.39, 0.29) is 22.9 Å². The molecule has 0 bridgehead atoms. The molecule has 1 fully saturated rings. The van der Waals surface area contributed by atoms with Crippen molar-refractivity contribution < 1.29 is 13.2 Å². The number of carbonyl (C=O) groups is 1. The smallest absolute Gasteiger partial charge is 0.244 e. The van der Waals surface area contributed by atoms with Crippen LogP contribution in [0, 0.1) is 0 Å². The molecule has 1 amide bonds. The van der Waals surface area contributed by atoms with E-state index in [2.05, 4.69) is 4.72 Å². The highest BCUT2D eigenvalue weighted by molar-refractivity contribution is 7.89. The number of piperidine rings is 1. The summed E-state index contributed by atoms with van der Waals surface area (Å²) in [5.41, 5.74) is 0.980. The fraction of sp³-hybridized carbons (Fsp3) is 0.409. The second kappa shape index (κ2) is 9.52. The topological polar surface area (TPSA) is 69.7 Å². The van der Waals surface area contributed by atoms with Gasteiger partial charge in [0.05, 0.1) is 4.90 Å². The summed E-state index contributed by atoms with van der Waals surface area (Å²) in [6, 6.07) is 17.7. The zero-order chi connectivity index (χ0) is 20.9. The third kappa shape index (κ3) is 5.23. The van der Waals surface area contributed by atoms with E-state index in [1.165, 1.54) is 0 Å². The van der Waals surface area contributed by atoms with Gasteiger partial charge in [-0.1, -0.05) is 55.5 Å². The largest absolute Gasteiger partial charge is 0.341 e. The van der Waals surface area contributed by atoms with Crippen LogP contribution < -0.4 is 4.72 Å². The Kier molecular flexibility index (Phi) is 7.05. The zero-order valence-electron chi connectivity index (χ0n) is 17.0. The molecule has 0 saturated carbocycles. The van der Waals surface area contributed by atoms with E-state index in [1.54, 1.807) is 30.3 Å². The molecule has 1 N–H and O–H groups in total. The van der Waals surface area contributed by atoms with E-state index in [1.807, 2.05) is 54.1 Å². The van der Waals surface area contributed by atoms with Crippen LogP contribution in [0.4, 0.5) is 0 Å². The van der Waals surface area contributed by atoms with E-state index in [0.29, 0.717) is 25.9 Å². The Labute approximate surface area is 173 Å². The number of nitrogens with one attached hydrogen (secondary N) is 1. The molecule has 0 radical (unpaired) electrons. The van der Waals surface area contributed by atoms with Gasteiger partial charge in [-0.15, -0.1) is 0 Å². The van der Waals surface area contributed by atoms with Gasteiger partial charge in [-0.3, -0.25) is 9.69 Å². The average molecular weight is 416 g/mol. The zero-order valence-corrected chi connectivity index (χ0v) is 17.8. The number of likely N-dealkylation sites (N-methyl/N-ethyl adjacent to an activating group) is 1. The molecule has 3 rings (SSSR count). The third-order valence-corrected chi connectivity index (χ3v) is 7.01. The Balaban J connectivity index is 1.64. The van der Waals surface area contributed by atoms with Gasteiger partial charge in [-0.25, -0.2) is 13.1 Å². The fourth-order valence-corrected chi connectivity index (χ4v) is 5.01. The van der Waals surface area contributed by atoms with E-state index >= 15 is 0 Å². The summed E-state index contributed by atoms with van der Waals surface area (Å²) in [5.74, 6) is 0.0740. The third-order valence-electron chi connectivity index (χ3n) is 5.47. The maximum atomic E-state index is 13.3. The van der Waals surface area contributed by atoms with Crippen molar-refractivity contribution >= 4 is 15.9 Å². The molecule has 1 aliphatic heterocycles. The fourth-order valence-electron chi connectivity index (χ4n) is 3.68. The lowest BCUT2D eigenvalue weighted by atomic mass is 10.0. The minimum atomic E-state index is -3.54. The van der Waals surface area contributed by atoms with Gasteiger partial charge in [0, 0.05) is 19.1 Å². The summed E-state index contributed by atoms with van der Waals surface area (Å²) < 4.78 is 27.9. The van der Waals surface area contributed by atoms with Gasteiger partial charge < -0.3 is 4.90 Å². The van der Waals surface area contributed by atoms with Crippen molar-refractivity contribution in [2.24, 2.45) is 0 Å². The maximum Gasteiger partial charge on any atom is 0.244 e. The van der Waals surface area contributed by atoms with Crippen LogP contribution in [0.3, 0.4) is 0 Å². The summed E-state index contributed by atoms with van der Waals surface area (Å²) in [6.07, 6.45) is 1.21. The van der Waals surface area contributed by atoms with Crippen LogP contribution in [0.1, 0.15) is 31.4 Å². The van der Waals surface area contributed by atoms with Gasteiger partial charge >= 0.3 is 0 Å². The highest BCUT2D eigenvalue weighted by atomic mass is 32.2. The van der Waals surface area contributed by atoms with Crippen LogP contribution in [0.5, 0.6) is 0 Å². The first kappa shape index (κ1) is 21.5. The number of hydrogen-bond donors (Lipinski definition) is 1. The van der Waals surface area contributed by atoms with Crippen molar-refractivity contribution in [3.63, 3.8) is 0 Å². The maximum absolute atomic E-state index is 13.3. The molecule has 6 nitrogen and oxygen atoms in total. The van der Waals surface area contributed by atoms with Crippen molar-refractivity contribution in [1.29, 1.82) is 0 Å². The van der Waals surface area contributed by atoms with Crippen molar-refractivity contribution in [3.8, 4) is 0 Å². The first-order valence-electron chi connectivity index (χ1n) is 10.0. The molecule has 0 aliphatic carbocycles. The first-order valence-corrected chi connectivity index (χ1v) is 11.5. The summed E-state index contributed by atoms with van der Waals surface area (Å²) in [4.78, 5) is 17.4. The van der Waals surface area contributed by atoms with E-state index in [0.717, 1.165) is 12.1 Å². The molecule has 156 valence electrons. The lowest BCUT2D eigenvalue weighted by Crippen LogP contribution is -2.49. The normalized spacial score (nSPS) is 16.7. The van der Waals surface area contributed by atoms with Crippen molar-refractivity contribution in [3.05, 3.63) is 66.2 Å². The Morgan fingerprint density at radius 1 is 1.07 bits per heavy atom. The van der Waals surface area contributed by atoms with Crippen LogP contribution in [-0.2, 0) is 14.8 Å². The van der Waals surface area contributed by atoms with E-state index in [9.17, 15) is 13.2 Å². The van der Waals surface area contributed by atoms with Crippen LogP contribution in [0.15, 0.2) is 65.6 Å². The number of rotatable bonds is 7. The molecule has 2 aromatic carbocycles. The molecule has 1 heterocycles. The Hall–Kier alpha value is -2.22. The van der Waals surface area contributed by atoms with Crippen LogP contribution >= 0.6 is 0 Å². The Morgan fingerprint density at radius 3 is 2.17 bits per heavy atom. The summed E-state index contributed by atoms with van der Waals surface area (Å²) in [5, 5.41) is 0. The number of amides is 1. The summed E-state index contributed by atoms with van der Waals surface area (Å²) in [7, 11) is -1.58. The van der Waals surface area contributed by atoms with Crippen molar-refractivity contribution in [2.45, 2.75) is 36.7 Å². The molecule has 1 aliphatic rings. The standard InChI is InChI=1S/C22H29N3O3S/c1-3-24(2)21(18-10-6-4-7-11-18)22(26)25-16-14-19(15-17-25)23-29(27,28)20-12-8-5-9-13-20/h4-13,19,21,23H,3,14-17H2,1-2H3. The molecule has 1 saturated heterocycles. The summed E-state index contributed by atoms with van der Waals surface area (Å²) in [6.45, 7) is 3.88. The SMILES string of the molecule is CCN(C)C(C(=O)N1CCC(NS(=O)(=O)c2ccccc2)CC1)c1ccccc1. The molecular weight excluding hydrogens is 386 g/mol. The lowest BCUT2D eigenvalue weighted by molar-refractivity contribution is -0.137. The predicted molar refractivity (Wildman–Crippen MR) is 114 cm³/mol. The highest BCUT2D eigenvalue weighted by Gasteiger charge is 2.32. The number of sulfonamides is 1. The highest BCUT2D eigenvalue weighted by Crippen LogP contribution is 2.24. The predicted octanol–water partition coefficient (Wildman–Crippen LogP) is 2.65. The minimum absolute atomic E-state index is 0.0740. The van der Waals surface area contributed by atoms with Gasteiger partial charge in [0.2, 0.25) is 15.9 Å². The second-order valence-electron chi connectivity index (χ2n) is 7.42. The van der Waals surface area contributed by atoms with E-state index < -0.39 is 10.0 Å². The van der Waals surface area contributed by atoms with Gasteiger partial charge in [-0.2, -0.15) is 0 Å². The average Bonchev–Trinajstić information content (AvgIpc) is 2.75. The molecule has 7 heteroatoms. The van der Waals surface area contributed by atoms with Crippen LogP contribution in [0.25, 0.3) is 0 Å². The number of likely N-dealkylation sites (tertiary alicyclic amines) is 1. The number of hydrogen-bond acceptors (Lipinski definition) is 4. The van der Waals surface area contributed by atoms with Gasteiger partial charge in [0.15, 0.2) is 0 Å². The molecule has 29 heavy (non-hydrogen) atoms. The Bertz CT molecular complexity index is 895. The van der Waals surface area contributed by atoms with Crippen LogP contribution in [-0.4, -0.2) is 56.8 Å². The van der Waals surface area contributed by atoms with Gasteiger partial charge in [0.25, 0.3) is 0 Å².